The van der Waals surface area contributed by atoms with E-state index in [1.54, 1.807) is 0 Å². The first-order valence-electron chi connectivity index (χ1n) is 4.82. The fourth-order valence-electron chi connectivity index (χ4n) is 1.03. The Morgan fingerprint density at radius 2 is 2.29 bits per heavy atom. The van der Waals surface area contributed by atoms with Crippen molar-refractivity contribution < 1.29 is 9.53 Å². The third kappa shape index (κ3) is 3.14. The molecule has 0 amide bonds. The van der Waals surface area contributed by atoms with Crippen LogP contribution >= 0.6 is 11.3 Å². The number of hydrogen-bond acceptors (Lipinski definition) is 3. The van der Waals surface area contributed by atoms with Crippen LogP contribution in [0, 0.1) is 12.8 Å². The van der Waals surface area contributed by atoms with E-state index in [9.17, 15) is 4.79 Å². The van der Waals surface area contributed by atoms with Gasteiger partial charge >= 0.3 is 5.97 Å². The van der Waals surface area contributed by atoms with Gasteiger partial charge in [-0.25, -0.2) is 4.79 Å². The third-order valence-electron chi connectivity index (χ3n) is 1.98. The summed E-state index contributed by atoms with van der Waals surface area (Å²) in [7, 11) is 0. The molecule has 1 aromatic rings. The maximum absolute atomic E-state index is 11.5. The maximum atomic E-state index is 11.5. The molecule has 78 valence electrons. The lowest BCUT2D eigenvalue weighted by Crippen LogP contribution is -2.07. The van der Waals surface area contributed by atoms with Crippen molar-refractivity contribution in [3.05, 3.63) is 21.9 Å². The number of rotatable bonds is 4. The van der Waals surface area contributed by atoms with E-state index in [0.717, 1.165) is 16.9 Å². The molecule has 14 heavy (non-hydrogen) atoms. The molecule has 1 aromatic heterocycles. The van der Waals surface area contributed by atoms with Crippen LogP contribution in [-0.2, 0) is 4.74 Å². The molecule has 0 saturated heterocycles. The molecule has 0 N–H and O–H groups in total. The molecule has 3 heteroatoms. The lowest BCUT2D eigenvalue weighted by atomic mass is 10.1. The van der Waals surface area contributed by atoms with Gasteiger partial charge in [0.2, 0.25) is 0 Å². The summed E-state index contributed by atoms with van der Waals surface area (Å²) in [6, 6.07) is 1.93. The van der Waals surface area contributed by atoms with Crippen molar-refractivity contribution >= 4 is 17.3 Å². The van der Waals surface area contributed by atoms with Gasteiger partial charge in [0.05, 0.1) is 6.61 Å². The molecule has 0 saturated carbocycles. The minimum Gasteiger partial charge on any atom is -0.461 e. The van der Waals surface area contributed by atoms with Gasteiger partial charge in [-0.1, -0.05) is 13.8 Å². The molecule has 0 atom stereocenters. The molecular weight excluding hydrogens is 196 g/mol. The Bertz CT molecular complexity index is 302. The van der Waals surface area contributed by atoms with Gasteiger partial charge in [0.1, 0.15) is 4.88 Å². The second kappa shape index (κ2) is 5.15. The maximum Gasteiger partial charge on any atom is 0.348 e. The fourth-order valence-corrected chi connectivity index (χ4v) is 1.85. The lowest BCUT2D eigenvalue weighted by Gasteiger charge is -2.05. The van der Waals surface area contributed by atoms with E-state index in [0.29, 0.717) is 12.5 Å². The highest BCUT2D eigenvalue weighted by Gasteiger charge is 2.11. The van der Waals surface area contributed by atoms with Crippen LogP contribution in [-0.4, -0.2) is 12.6 Å². The van der Waals surface area contributed by atoms with Gasteiger partial charge in [-0.2, -0.15) is 0 Å². The Morgan fingerprint density at radius 3 is 2.79 bits per heavy atom. The summed E-state index contributed by atoms with van der Waals surface area (Å²) in [6.07, 6.45) is 0.927. The molecule has 0 spiro atoms. The van der Waals surface area contributed by atoms with Crippen LogP contribution in [0.15, 0.2) is 11.4 Å². The molecule has 0 radical (unpaired) electrons. The summed E-state index contributed by atoms with van der Waals surface area (Å²) in [5.41, 5.74) is 1.00. The summed E-state index contributed by atoms with van der Waals surface area (Å²) in [5.74, 6) is 0.394. The van der Waals surface area contributed by atoms with Crippen molar-refractivity contribution in [3.63, 3.8) is 0 Å². The first-order valence-corrected chi connectivity index (χ1v) is 5.70. The van der Waals surface area contributed by atoms with Gasteiger partial charge in [-0.15, -0.1) is 11.3 Å². The quantitative estimate of drug-likeness (QED) is 0.716. The number of esters is 1. The number of aryl methyl sites for hydroxylation is 1. The highest BCUT2D eigenvalue weighted by molar-refractivity contribution is 7.12. The zero-order valence-corrected chi connectivity index (χ0v) is 9.69. The third-order valence-corrected chi connectivity index (χ3v) is 2.97. The van der Waals surface area contributed by atoms with Gasteiger partial charge in [0.25, 0.3) is 0 Å². The Morgan fingerprint density at radius 1 is 1.57 bits per heavy atom. The average molecular weight is 212 g/mol. The van der Waals surface area contributed by atoms with E-state index in [1.165, 1.54) is 11.3 Å². The smallest absolute Gasteiger partial charge is 0.348 e. The monoisotopic (exact) mass is 212 g/mol. The van der Waals surface area contributed by atoms with Gasteiger partial charge < -0.3 is 4.74 Å². The Kier molecular flexibility index (Phi) is 4.14. The standard InChI is InChI=1S/C11H16O2S/c1-8(2)4-6-13-11(12)10-9(3)5-7-14-10/h5,7-8H,4,6H2,1-3H3. The number of ether oxygens (including phenoxy) is 1. The minimum absolute atomic E-state index is 0.182. The number of carbonyl (C=O) groups is 1. The van der Waals surface area contributed by atoms with Crippen LogP contribution < -0.4 is 0 Å². The van der Waals surface area contributed by atoms with Gasteiger partial charge in [0, 0.05) is 0 Å². The number of thiophene rings is 1. The number of carbonyl (C=O) groups excluding carboxylic acids is 1. The molecule has 0 aliphatic rings. The molecule has 1 heterocycles. The average Bonchev–Trinajstić information content (AvgIpc) is 2.50. The second-order valence-corrected chi connectivity index (χ2v) is 4.67. The highest BCUT2D eigenvalue weighted by Crippen LogP contribution is 2.16. The topological polar surface area (TPSA) is 26.3 Å². The first kappa shape index (κ1) is 11.2. The molecule has 0 aliphatic heterocycles. The summed E-state index contributed by atoms with van der Waals surface area (Å²) in [6.45, 7) is 6.68. The normalized spacial score (nSPS) is 10.6. The predicted octanol–water partition coefficient (Wildman–Crippen LogP) is 3.26. The van der Waals surface area contributed by atoms with E-state index < -0.39 is 0 Å². The second-order valence-electron chi connectivity index (χ2n) is 3.75. The zero-order valence-electron chi connectivity index (χ0n) is 8.87. The fraction of sp³-hybridized carbons (Fsp3) is 0.545. The lowest BCUT2D eigenvalue weighted by molar-refractivity contribution is 0.0493. The molecule has 0 aliphatic carbocycles. The predicted molar refractivity (Wildman–Crippen MR) is 58.8 cm³/mol. The molecule has 2 nitrogen and oxygen atoms in total. The molecule has 0 unspecified atom stereocenters. The minimum atomic E-state index is -0.182. The molecule has 0 bridgehead atoms. The highest BCUT2D eigenvalue weighted by atomic mass is 32.1. The van der Waals surface area contributed by atoms with Crippen molar-refractivity contribution in [3.8, 4) is 0 Å². The molecule has 0 aromatic carbocycles. The number of hydrogen-bond donors (Lipinski definition) is 0. The molecular formula is C11H16O2S. The van der Waals surface area contributed by atoms with Crippen LogP contribution in [0.2, 0.25) is 0 Å². The van der Waals surface area contributed by atoms with Crippen LogP contribution in [0.5, 0.6) is 0 Å². The van der Waals surface area contributed by atoms with Crippen LogP contribution in [0.3, 0.4) is 0 Å². The van der Waals surface area contributed by atoms with E-state index in [1.807, 2.05) is 18.4 Å². The van der Waals surface area contributed by atoms with Crippen LogP contribution in [0.25, 0.3) is 0 Å². The summed E-state index contributed by atoms with van der Waals surface area (Å²) in [5, 5.41) is 1.91. The van der Waals surface area contributed by atoms with E-state index in [4.69, 9.17) is 4.74 Å². The van der Waals surface area contributed by atoms with Crippen molar-refractivity contribution in [1.29, 1.82) is 0 Å². The van der Waals surface area contributed by atoms with E-state index in [2.05, 4.69) is 13.8 Å². The Balaban J connectivity index is 2.40. The van der Waals surface area contributed by atoms with E-state index >= 15 is 0 Å². The van der Waals surface area contributed by atoms with Gasteiger partial charge in [-0.3, -0.25) is 0 Å². The summed E-state index contributed by atoms with van der Waals surface area (Å²) in [4.78, 5) is 12.2. The first-order chi connectivity index (χ1) is 6.61. The van der Waals surface area contributed by atoms with Crippen molar-refractivity contribution in [2.45, 2.75) is 27.2 Å². The van der Waals surface area contributed by atoms with Crippen molar-refractivity contribution in [2.24, 2.45) is 5.92 Å². The summed E-state index contributed by atoms with van der Waals surface area (Å²) >= 11 is 1.44. The largest absolute Gasteiger partial charge is 0.461 e. The Hall–Kier alpha value is -0.830. The SMILES string of the molecule is Cc1ccsc1C(=O)OCCC(C)C. The summed E-state index contributed by atoms with van der Waals surface area (Å²) < 4.78 is 5.15. The zero-order chi connectivity index (χ0) is 10.6. The van der Waals surface area contributed by atoms with Crippen LogP contribution in [0.1, 0.15) is 35.5 Å². The van der Waals surface area contributed by atoms with Gasteiger partial charge in [-0.05, 0) is 36.3 Å². The Labute approximate surface area is 88.9 Å². The van der Waals surface area contributed by atoms with Gasteiger partial charge in [0.15, 0.2) is 0 Å². The molecule has 1 rings (SSSR count). The van der Waals surface area contributed by atoms with Crippen LogP contribution in [0.4, 0.5) is 0 Å². The van der Waals surface area contributed by atoms with E-state index in [-0.39, 0.29) is 5.97 Å². The van der Waals surface area contributed by atoms with Crippen molar-refractivity contribution in [1.82, 2.24) is 0 Å². The molecule has 0 fully saturated rings. The van der Waals surface area contributed by atoms with Crippen molar-refractivity contribution in [2.75, 3.05) is 6.61 Å².